The van der Waals surface area contributed by atoms with E-state index in [0.29, 0.717) is 6.04 Å². The van der Waals surface area contributed by atoms with E-state index in [-0.39, 0.29) is 0 Å². The van der Waals surface area contributed by atoms with Gasteiger partial charge in [-0.15, -0.1) is 0 Å². The van der Waals surface area contributed by atoms with Crippen LogP contribution in [0.4, 0.5) is 0 Å². The Bertz CT molecular complexity index is 363. The Balaban J connectivity index is 2.45. The predicted molar refractivity (Wildman–Crippen MR) is 71.2 cm³/mol. The van der Waals surface area contributed by atoms with Crippen molar-refractivity contribution >= 4 is 31.9 Å². The van der Waals surface area contributed by atoms with Gasteiger partial charge in [-0.25, -0.2) is 0 Å². The number of nitrogens with one attached hydrogen (secondary N) is 1. The van der Waals surface area contributed by atoms with Crippen LogP contribution in [0.2, 0.25) is 0 Å². The summed E-state index contributed by atoms with van der Waals surface area (Å²) in [6, 6.07) is 4.79. The molecule has 82 valence electrons. The van der Waals surface area contributed by atoms with Crippen molar-refractivity contribution in [1.82, 2.24) is 5.32 Å². The predicted octanol–water partition coefficient (Wildman–Crippen LogP) is 4.20. The molecule has 0 heterocycles. The molecule has 2 rings (SSSR count). The van der Waals surface area contributed by atoms with Gasteiger partial charge in [0, 0.05) is 15.0 Å². The summed E-state index contributed by atoms with van der Waals surface area (Å²) in [7, 11) is 0. The maximum absolute atomic E-state index is 3.67. The normalized spacial score (nSPS) is 20.1. The molecule has 0 aromatic heterocycles. The van der Waals surface area contributed by atoms with Crippen molar-refractivity contribution in [2.75, 3.05) is 6.54 Å². The summed E-state index contributed by atoms with van der Waals surface area (Å²) in [4.78, 5) is 0. The summed E-state index contributed by atoms with van der Waals surface area (Å²) in [5.74, 6) is 0. The van der Waals surface area contributed by atoms with E-state index < -0.39 is 0 Å². The number of fused-ring (bicyclic) bond motifs is 1. The first-order valence-electron chi connectivity index (χ1n) is 5.44. The standard InChI is InChI=1S/C12H15Br2N/c1-2-15-11-5-3-4-8-9(13)6-7-10(14)12(8)11/h6-7,11,15H,2-5H2,1H3. The van der Waals surface area contributed by atoms with Gasteiger partial charge < -0.3 is 5.32 Å². The van der Waals surface area contributed by atoms with Crippen molar-refractivity contribution < 1.29 is 0 Å². The fraction of sp³-hybridized carbons (Fsp3) is 0.500. The molecule has 0 fully saturated rings. The Morgan fingerprint density at radius 1 is 1.33 bits per heavy atom. The number of hydrogen-bond donors (Lipinski definition) is 1. The van der Waals surface area contributed by atoms with Gasteiger partial charge in [-0.05, 0) is 49.1 Å². The van der Waals surface area contributed by atoms with E-state index in [1.54, 1.807) is 0 Å². The van der Waals surface area contributed by atoms with Crippen molar-refractivity contribution in [1.29, 1.82) is 0 Å². The van der Waals surface area contributed by atoms with Crippen LogP contribution in [-0.2, 0) is 6.42 Å². The van der Waals surface area contributed by atoms with Crippen LogP contribution in [0.25, 0.3) is 0 Å². The van der Waals surface area contributed by atoms with Gasteiger partial charge >= 0.3 is 0 Å². The van der Waals surface area contributed by atoms with Crippen LogP contribution in [0.1, 0.15) is 36.9 Å². The maximum atomic E-state index is 3.67. The fourth-order valence-electron chi connectivity index (χ4n) is 2.32. The van der Waals surface area contributed by atoms with Crippen LogP contribution in [0.3, 0.4) is 0 Å². The lowest BCUT2D eigenvalue weighted by Gasteiger charge is -2.28. The fourth-order valence-corrected chi connectivity index (χ4v) is 3.51. The number of halogens is 2. The van der Waals surface area contributed by atoms with E-state index in [4.69, 9.17) is 0 Å². The van der Waals surface area contributed by atoms with Crippen LogP contribution in [0, 0.1) is 0 Å². The molecule has 0 saturated carbocycles. The number of benzene rings is 1. The zero-order chi connectivity index (χ0) is 10.8. The summed E-state index contributed by atoms with van der Waals surface area (Å²) < 4.78 is 2.50. The van der Waals surface area contributed by atoms with E-state index >= 15 is 0 Å². The van der Waals surface area contributed by atoms with Gasteiger partial charge in [-0.2, -0.15) is 0 Å². The highest BCUT2D eigenvalue weighted by Crippen LogP contribution is 2.38. The Hall–Kier alpha value is 0.140. The lowest BCUT2D eigenvalue weighted by Crippen LogP contribution is -2.25. The molecule has 1 aromatic carbocycles. The second kappa shape index (κ2) is 4.98. The molecule has 1 aromatic rings. The summed E-state index contributed by atoms with van der Waals surface area (Å²) in [6.07, 6.45) is 3.72. The van der Waals surface area contributed by atoms with E-state index in [2.05, 4.69) is 56.2 Å². The molecule has 0 amide bonds. The minimum absolute atomic E-state index is 0.519. The molecule has 1 atom stereocenters. The second-order valence-corrected chi connectivity index (χ2v) is 5.63. The quantitative estimate of drug-likeness (QED) is 0.855. The number of rotatable bonds is 2. The van der Waals surface area contributed by atoms with E-state index in [1.807, 2.05) is 0 Å². The molecule has 1 nitrogen and oxygen atoms in total. The first-order chi connectivity index (χ1) is 7.24. The summed E-state index contributed by atoms with van der Waals surface area (Å²) in [5, 5.41) is 3.56. The lowest BCUT2D eigenvalue weighted by atomic mass is 9.88. The van der Waals surface area contributed by atoms with Gasteiger partial charge in [0.1, 0.15) is 0 Å². The summed E-state index contributed by atoms with van der Waals surface area (Å²) >= 11 is 7.31. The highest BCUT2D eigenvalue weighted by Gasteiger charge is 2.23. The molecule has 0 spiro atoms. The molecular weight excluding hydrogens is 318 g/mol. The highest BCUT2D eigenvalue weighted by atomic mass is 79.9. The topological polar surface area (TPSA) is 12.0 Å². The van der Waals surface area contributed by atoms with Crippen LogP contribution in [-0.4, -0.2) is 6.54 Å². The molecular formula is C12H15Br2N. The van der Waals surface area contributed by atoms with Gasteiger partial charge in [-0.1, -0.05) is 38.8 Å². The van der Waals surface area contributed by atoms with E-state index in [0.717, 1.165) is 6.54 Å². The van der Waals surface area contributed by atoms with Crippen molar-refractivity contribution in [2.24, 2.45) is 0 Å². The monoisotopic (exact) mass is 331 g/mol. The molecule has 1 N–H and O–H groups in total. The van der Waals surface area contributed by atoms with Gasteiger partial charge in [-0.3, -0.25) is 0 Å². The second-order valence-electron chi connectivity index (χ2n) is 3.92. The molecule has 1 unspecified atom stereocenters. The Kier molecular flexibility index (Phi) is 3.86. The third kappa shape index (κ3) is 2.29. The zero-order valence-electron chi connectivity index (χ0n) is 8.82. The maximum Gasteiger partial charge on any atom is 0.0334 e. The van der Waals surface area contributed by atoms with Crippen molar-refractivity contribution in [3.8, 4) is 0 Å². The van der Waals surface area contributed by atoms with Gasteiger partial charge in [0.15, 0.2) is 0 Å². The zero-order valence-corrected chi connectivity index (χ0v) is 12.0. The third-order valence-electron chi connectivity index (χ3n) is 2.97. The van der Waals surface area contributed by atoms with Crippen molar-refractivity contribution in [2.45, 2.75) is 32.2 Å². The summed E-state index contributed by atoms with van der Waals surface area (Å²) in [6.45, 7) is 3.20. The smallest absolute Gasteiger partial charge is 0.0334 e. The molecule has 3 heteroatoms. The van der Waals surface area contributed by atoms with Crippen molar-refractivity contribution in [3.63, 3.8) is 0 Å². The van der Waals surface area contributed by atoms with Gasteiger partial charge in [0.25, 0.3) is 0 Å². The molecule has 0 aliphatic heterocycles. The molecule has 0 saturated heterocycles. The van der Waals surface area contributed by atoms with Crippen LogP contribution >= 0.6 is 31.9 Å². The van der Waals surface area contributed by atoms with E-state index in [1.165, 1.54) is 39.3 Å². The summed E-state index contributed by atoms with van der Waals surface area (Å²) in [5.41, 5.74) is 2.93. The average Bonchev–Trinajstić information content (AvgIpc) is 2.24. The Morgan fingerprint density at radius 3 is 2.80 bits per heavy atom. The first-order valence-corrected chi connectivity index (χ1v) is 7.02. The lowest BCUT2D eigenvalue weighted by molar-refractivity contribution is 0.469. The van der Waals surface area contributed by atoms with E-state index in [9.17, 15) is 0 Å². The Morgan fingerprint density at radius 2 is 2.07 bits per heavy atom. The molecule has 0 bridgehead atoms. The minimum Gasteiger partial charge on any atom is -0.310 e. The van der Waals surface area contributed by atoms with Crippen molar-refractivity contribution in [3.05, 3.63) is 32.2 Å². The minimum atomic E-state index is 0.519. The van der Waals surface area contributed by atoms with Gasteiger partial charge in [0.05, 0.1) is 0 Å². The third-order valence-corrected chi connectivity index (χ3v) is 4.40. The van der Waals surface area contributed by atoms with Crippen LogP contribution in [0.5, 0.6) is 0 Å². The molecule has 0 radical (unpaired) electrons. The molecule has 1 aliphatic rings. The molecule has 1 aliphatic carbocycles. The first kappa shape index (κ1) is 11.6. The molecule has 15 heavy (non-hydrogen) atoms. The van der Waals surface area contributed by atoms with Crippen LogP contribution in [0.15, 0.2) is 21.1 Å². The SMILES string of the molecule is CCNC1CCCc2c(Br)ccc(Br)c21. The average molecular weight is 333 g/mol. The highest BCUT2D eigenvalue weighted by molar-refractivity contribution is 9.11. The number of hydrogen-bond acceptors (Lipinski definition) is 1. The largest absolute Gasteiger partial charge is 0.310 e. The van der Waals surface area contributed by atoms with Gasteiger partial charge in [0.2, 0.25) is 0 Å². The van der Waals surface area contributed by atoms with Crippen LogP contribution < -0.4 is 5.32 Å². The Labute approximate surface area is 108 Å².